The first-order chi connectivity index (χ1) is 6.57. The Morgan fingerprint density at radius 2 is 2.36 bits per heavy atom. The minimum atomic E-state index is 0.198. The topological polar surface area (TPSA) is 32.3 Å². The van der Waals surface area contributed by atoms with Crippen LogP contribution in [0.4, 0.5) is 0 Å². The Hall–Kier alpha value is -0.570. The third-order valence-electron chi connectivity index (χ3n) is 3.24. The summed E-state index contributed by atoms with van der Waals surface area (Å²) < 4.78 is 0. The molecule has 1 atom stereocenters. The zero-order chi connectivity index (χ0) is 10.2. The minimum absolute atomic E-state index is 0.198. The molecule has 1 unspecified atom stereocenters. The largest absolute Gasteiger partial charge is 0.342 e. The molecule has 1 amide bonds. The molecule has 14 heavy (non-hydrogen) atoms. The Kier molecular flexibility index (Phi) is 2.52. The van der Waals surface area contributed by atoms with Gasteiger partial charge in [-0.15, -0.1) is 0 Å². The maximum atomic E-state index is 11.7. The lowest BCUT2D eigenvalue weighted by Crippen LogP contribution is -2.32. The summed E-state index contributed by atoms with van der Waals surface area (Å²) in [7, 11) is 0. The highest BCUT2D eigenvalue weighted by Gasteiger charge is 2.36. The average molecular weight is 196 g/mol. The van der Waals surface area contributed by atoms with Crippen LogP contribution in [0.5, 0.6) is 0 Å². The van der Waals surface area contributed by atoms with Crippen LogP contribution in [0.15, 0.2) is 0 Å². The molecule has 2 aliphatic rings. The van der Waals surface area contributed by atoms with E-state index in [0.29, 0.717) is 11.8 Å². The van der Waals surface area contributed by atoms with Gasteiger partial charge in [0, 0.05) is 19.5 Å². The van der Waals surface area contributed by atoms with E-state index in [9.17, 15) is 4.79 Å². The molecule has 2 aliphatic heterocycles. The van der Waals surface area contributed by atoms with E-state index >= 15 is 0 Å². The number of rotatable bonds is 2. The van der Waals surface area contributed by atoms with E-state index in [1.807, 2.05) is 0 Å². The lowest BCUT2D eigenvalue weighted by Gasteiger charge is -2.22. The second kappa shape index (κ2) is 3.54. The summed E-state index contributed by atoms with van der Waals surface area (Å²) in [5.74, 6) is 1.04. The van der Waals surface area contributed by atoms with Crippen molar-refractivity contribution in [1.29, 1.82) is 0 Å². The Bertz CT molecular complexity index is 231. The van der Waals surface area contributed by atoms with Crippen LogP contribution in [0.3, 0.4) is 0 Å². The van der Waals surface area contributed by atoms with E-state index in [-0.39, 0.29) is 5.41 Å². The lowest BCUT2D eigenvalue weighted by atomic mass is 9.93. The second-order valence-electron chi connectivity index (χ2n) is 5.47. The first-order valence-electron chi connectivity index (χ1n) is 5.55. The molecule has 0 aliphatic carbocycles. The van der Waals surface area contributed by atoms with E-state index in [0.717, 1.165) is 32.6 Å². The van der Waals surface area contributed by atoms with Crippen LogP contribution in [0.25, 0.3) is 0 Å². The highest BCUT2D eigenvalue weighted by atomic mass is 16.2. The van der Waals surface area contributed by atoms with Crippen molar-refractivity contribution < 1.29 is 4.79 Å². The predicted octanol–water partition coefficient (Wildman–Crippen LogP) is 0.854. The summed E-state index contributed by atoms with van der Waals surface area (Å²) in [5, 5.41) is 3.34. The van der Waals surface area contributed by atoms with Gasteiger partial charge >= 0.3 is 0 Å². The summed E-state index contributed by atoms with van der Waals surface area (Å²) in [4.78, 5) is 13.7. The van der Waals surface area contributed by atoms with Crippen molar-refractivity contribution in [1.82, 2.24) is 10.2 Å². The van der Waals surface area contributed by atoms with Gasteiger partial charge in [0.1, 0.15) is 0 Å². The monoisotopic (exact) mass is 196 g/mol. The van der Waals surface area contributed by atoms with Gasteiger partial charge in [0.15, 0.2) is 0 Å². The Morgan fingerprint density at radius 1 is 1.57 bits per heavy atom. The quantitative estimate of drug-likeness (QED) is 0.710. The molecule has 3 nitrogen and oxygen atoms in total. The molecule has 0 bridgehead atoms. The van der Waals surface area contributed by atoms with Gasteiger partial charge in [0.2, 0.25) is 5.91 Å². The van der Waals surface area contributed by atoms with E-state index < -0.39 is 0 Å². The summed E-state index contributed by atoms with van der Waals surface area (Å²) in [6.45, 7) is 8.48. The molecular weight excluding hydrogens is 176 g/mol. The predicted molar refractivity (Wildman–Crippen MR) is 56.0 cm³/mol. The molecule has 3 heteroatoms. The maximum absolute atomic E-state index is 11.7. The summed E-state index contributed by atoms with van der Waals surface area (Å²) in [6.07, 6.45) is 1.96. The Morgan fingerprint density at radius 3 is 2.86 bits per heavy atom. The van der Waals surface area contributed by atoms with Gasteiger partial charge < -0.3 is 10.2 Å². The van der Waals surface area contributed by atoms with Crippen LogP contribution in [-0.2, 0) is 4.79 Å². The molecule has 2 heterocycles. The summed E-state index contributed by atoms with van der Waals surface area (Å²) in [5.41, 5.74) is 0.198. The van der Waals surface area contributed by atoms with E-state index in [1.165, 1.54) is 6.42 Å². The van der Waals surface area contributed by atoms with Crippen molar-refractivity contribution in [2.75, 3.05) is 26.2 Å². The number of nitrogens with one attached hydrogen (secondary N) is 1. The fourth-order valence-electron chi connectivity index (χ4n) is 2.53. The van der Waals surface area contributed by atoms with E-state index in [1.54, 1.807) is 0 Å². The highest BCUT2D eigenvalue weighted by molar-refractivity contribution is 5.79. The molecule has 0 aromatic rings. The number of amides is 1. The molecule has 80 valence electrons. The normalized spacial score (nSPS) is 31.4. The third-order valence-corrected chi connectivity index (χ3v) is 3.24. The van der Waals surface area contributed by atoms with Gasteiger partial charge in [-0.3, -0.25) is 4.79 Å². The number of carbonyl (C=O) groups excluding carboxylic acids is 1. The molecule has 0 radical (unpaired) electrons. The molecule has 1 N–H and O–H groups in total. The van der Waals surface area contributed by atoms with Crippen LogP contribution in [0, 0.1) is 11.3 Å². The fourth-order valence-corrected chi connectivity index (χ4v) is 2.53. The molecule has 0 aromatic carbocycles. The van der Waals surface area contributed by atoms with Crippen LogP contribution in [0.1, 0.15) is 26.7 Å². The fraction of sp³-hybridized carbons (Fsp3) is 0.909. The molecule has 2 fully saturated rings. The van der Waals surface area contributed by atoms with E-state index in [2.05, 4.69) is 24.1 Å². The molecule has 0 spiro atoms. The molecule has 0 aromatic heterocycles. The third kappa shape index (κ3) is 2.08. The lowest BCUT2D eigenvalue weighted by molar-refractivity contribution is -0.128. The minimum Gasteiger partial charge on any atom is -0.342 e. The highest BCUT2D eigenvalue weighted by Crippen LogP contribution is 2.30. The van der Waals surface area contributed by atoms with Crippen LogP contribution < -0.4 is 5.32 Å². The molecule has 0 saturated carbocycles. The van der Waals surface area contributed by atoms with Gasteiger partial charge in [-0.1, -0.05) is 13.8 Å². The van der Waals surface area contributed by atoms with Gasteiger partial charge in [0.05, 0.1) is 0 Å². The molecule has 2 rings (SSSR count). The second-order valence-corrected chi connectivity index (χ2v) is 5.47. The van der Waals surface area contributed by atoms with Gasteiger partial charge in [-0.05, 0) is 30.8 Å². The number of hydrogen-bond acceptors (Lipinski definition) is 2. The maximum Gasteiger partial charge on any atom is 0.223 e. The number of carbonyl (C=O) groups is 1. The van der Waals surface area contributed by atoms with Crippen LogP contribution in [-0.4, -0.2) is 37.0 Å². The Labute approximate surface area is 85.8 Å². The van der Waals surface area contributed by atoms with Crippen molar-refractivity contribution in [3.8, 4) is 0 Å². The van der Waals surface area contributed by atoms with Crippen molar-refractivity contribution in [2.45, 2.75) is 26.7 Å². The molecule has 2 saturated heterocycles. The molecular formula is C11H20N2O. The first kappa shape index (κ1) is 9.97. The average Bonchev–Trinajstić information content (AvgIpc) is 2.61. The zero-order valence-corrected chi connectivity index (χ0v) is 9.18. The van der Waals surface area contributed by atoms with Crippen molar-refractivity contribution in [3.63, 3.8) is 0 Å². The van der Waals surface area contributed by atoms with Crippen molar-refractivity contribution >= 4 is 5.91 Å². The van der Waals surface area contributed by atoms with Crippen molar-refractivity contribution in [2.24, 2.45) is 11.3 Å². The zero-order valence-electron chi connectivity index (χ0n) is 9.18. The Balaban J connectivity index is 1.89. The van der Waals surface area contributed by atoms with Crippen molar-refractivity contribution in [3.05, 3.63) is 0 Å². The first-order valence-corrected chi connectivity index (χ1v) is 5.55. The van der Waals surface area contributed by atoms with Gasteiger partial charge in [0.25, 0.3) is 0 Å². The number of likely N-dealkylation sites (tertiary alicyclic amines) is 1. The van der Waals surface area contributed by atoms with Gasteiger partial charge in [-0.25, -0.2) is 0 Å². The summed E-state index contributed by atoms with van der Waals surface area (Å²) >= 11 is 0. The SMILES string of the molecule is CC1(C)CC(=O)N(CC2CCNC2)C1. The smallest absolute Gasteiger partial charge is 0.223 e. The summed E-state index contributed by atoms with van der Waals surface area (Å²) in [6, 6.07) is 0. The van der Waals surface area contributed by atoms with Crippen LogP contribution >= 0.6 is 0 Å². The standard InChI is InChI=1S/C11H20N2O/c1-11(2)5-10(14)13(8-11)7-9-3-4-12-6-9/h9,12H,3-8H2,1-2H3. The van der Waals surface area contributed by atoms with Gasteiger partial charge in [-0.2, -0.15) is 0 Å². The van der Waals surface area contributed by atoms with Crippen LogP contribution in [0.2, 0.25) is 0 Å². The number of hydrogen-bond donors (Lipinski definition) is 1. The van der Waals surface area contributed by atoms with E-state index in [4.69, 9.17) is 0 Å². The number of nitrogens with zero attached hydrogens (tertiary/aromatic N) is 1.